The van der Waals surface area contributed by atoms with Crippen LogP contribution in [-0.2, 0) is 4.79 Å². The molecule has 4 nitrogen and oxygen atoms in total. The number of hydrogen-bond acceptors (Lipinski definition) is 3. The topological polar surface area (TPSA) is 64.9 Å². The Labute approximate surface area is 140 Å². The molecular weight excluding hydrogens is 321 g/mol. The van der Waals surface area contributed by atoms with Crippen LogP contribution >= 0.6 is 23.2 Å². The van der Waals surface area contributed by atoms with Gasteiger partial charge in [0.15, 0.2) is 0 Å². The highest BCUT2D eigenvalue weighted by Gasteiger charge is 2.42. The number of carbonyl (C=O) groups excluding carboxylic acids is 1. The first-order valence-electron chi connectivity index (χ1n) is 7.26. The van der Waals surface area contributed by atoms with Crippen LogP contribution in [0.5, 0.6) is 0 Å². The third-order valence-electron chi connectivity index (χ3n) is 4.04. The van der Waals surface area contributed by atoms with Gasteiger partial charge in [0.1, 0.15) is 5.54 Å². The molecule has 0 aromatic heterocycles. The first-order valence-corrected chi connectivity index (χ1v) is 8.02. The van der Waals surface area contributed by atoms with Gasteiger partial charge in [-0.1, -0.05) is 29.3 Å². The fraction of sp³-hybridized carbons (Fsp3) is 0.500. The summed E-state index contributed by atoms with van der Waals surface area (Å²) in [5, 5.41) is 16.2. The molecule has 2 rings (SSSR count). The van der Waals surface area contributed by atoms with Gasteiger partial charge in [-0.2, -0.15) is 5.26 Å². The standard InChI is InChI=1S/C16H19Cl2N3O/c1-10(11-3-6-13(17)14(18)7-11)20-8-15(22)21-16(2,9-19)12-4-5-12/h3,6-7,10,12,20H,4-5,8H2,1-2H3,(H,21,22)/t10-,16-/m1/s1. The summed E-state index contributed by atoms with van der Waals surface area (Å²) in [7, 11) is 0. The highest BCUT2D eigenvalue weighted by Crippen LogP contribution is 2.39. The van der Waals surface area contributed by atoms with Crippen molar-refractivity contribution in [2.45, 2.75) is 38.3 Å². The molecule has 118 valence electrons. The predicted octanol–water partition coefficient (Wildman–Crippen LogP) is 3.45. The monoisotopic (exact) mass is 339 g/mol. The molecule has 1 fully saturated rings. The molecule has 1 aliphatic rings. The van der Waals surface area contributed by atoms with E-state index < -0.39 is 5.54 Å². The van der Waals surface area contributed by atoms with E-state index in [4.69, 9.17) is 23.2 Å². The quantitative estimate of drug-likeness (QED) is 0.834. The van der Waals surface area contributed by atoms with E-state index in [-0.39, 0.29) is 24.4 Å². The molecule has 1 aliphatic carbocycles. The second kappa shape index (κ2) is 6.87. The lowest BCUT2D eigenvalue weighted by molar-refractivity contribution is -0.121. The number of halogens is 2. The van der Waals surface area contributed by atoms with Crippen LogP contribution < -0.4 is 10.6 Å². The number of carbonyl (C=O) groups is 1. The Morgan fingerprint density at radius 2 is 2.14 bits per heavy atom. The lowest BCUT2D eigenvalue weighted by atomic mass is 9.98. The number of hydrogen-bond donors (Lipinski definition) is 2. The lowest BCUT2D eigenvalue weighted by Gasteiger charge is -2.23. The average molecular weight is 340 g/mol. The number of nitriles is 1. The van der Waals surface area contributed by atoms with Crippen LogP contribution in [0.3, 0.4) is 0 Å². The van der Waals surface area contributed by atoms with Crippen molar-refractivity contribution in [2.75, 3.05) is 6.54 Å². The second-order valence-electron chi connectivity index (χ2n) is 5.91. The van der Waals surface area contributed by atoms with Gasteiger partial charge in [0.25, 0.3) is 0 Å². The van der Waals surface area contributed by atoms with Crippen LogP contribution in [-0.4, -0.2) is 18.0 Å². The molecule has 1 aromatic rings. The number of nitrogens with one attached hydrogen (secondary N) is 2. The predicted molar refractivity (Wildman–Crippen MR) is 87.8 cm³/mol. The maximum Gasteiger partial charge on any atom is 0.235 e. The number of rotatable bonds is 6. The zero-order valence-electron chi connectivity index (χ0n) is 12.6. The zero-order chi connectivity index (χ0) is 16.3. The van der Waals surface area contributed by atoms with Gasteiger partial charge in [0, 0.05) is 6.04 Å². The Balaban J connectivity index is 1.87. The van der Waals surface area contributed by atoms with Crippen LogP contribution in [0.2, 0.25) is 10.0 Å². The van der Waals surface area contributed by atoms with Crippen LogP contribution in [0.4, 0.5) is 0 Å². The van der Waals surface area contributed by atoms with Crippen LogP contribution in [0.25, 0.3) is 0 Å². The highest BCUT2D eigenvalue weighted by atomic mass is 35.5. The average Bonchev–Trinajstić information content (AvgIpc) is 3.32. The molecule has 0 saturated heterocycles. The Morgan fingerprint density at radius 3 is 2.68 bits per heavy atom. The van der Waals surface area contributed by atoms with Crippen LogP contribution in [0.15, 0.2) is 18.2 Å². The van der Waals surface area contributed by atoms with Crippen molar-refractivity contribution < 1.29 is 4.79 Å². The molecule has 2 atom stereocenters. The molecule has 0 radical (unpaired) electrons. The third kappa shape index (κ3) is 4.13. The summed E-state index contributed by atoms with van der Waals surface area (Å²) in [4.78, 5) is 12.0. The Morgan fingerprint density at radius 1 is 1.45 bits per heavy atom. The normalized spacial score (nSPS) is 18.1. The fourth-order valence-corrected chi connectivity index (χ4v) is 2.67. The molecular formula is C16H19Cl2N3O. The van der Waals surface area contributed by atoms with Crippen molar-refractivity contribution in [1.29, 1.82) is 5.26 Å². The van der Waals surface area contributed by atoms with Crippen molar-refractivity contribution in [3.05, 3.63) is 33.8 Å². The van der Waals surface area contributed by atoms with E-state index in [9.17, 15) is 10.1 Å². The molecule has 0 spiro atoms. The molecule has 0 bridgehead atoms. The molecule has 1 amide bonds. The number of benzene rings is 1. The lowest BCUT2D eigenvalue weighted by Crippen LogP contribution is -2.49. The maximum absolute atomic E-state index is 12.0. The van der Waals surface area contributed by atoms with Crippen molar-refractivity contribution in [3.63, 3.8) is 0 Å². The van der Waals surface area contributed by atoms with E-state index in [2.05, 4.69) is 16.7 Å². The maximum atomic E-state index is 12.0. The Kier molecular flexibility index (Phi) is 5.33. The highest BCUT2D eigenvalue weighted by molar-refractivity contribution is 6.42. The van der Waals surface area contributed by atoms with Crippen LogP contribution in [0, 0.1) is 17.2 Å². The SMILES string of the molecule is C[C@@H](NCC(=O)N[C@](C)(C#N)C1CC1)c1ccc(Cl)c(Cl)c1. The van der Waals surface area contributed by atoms with Gasteiger partial charge >= 0.3 is 0 Å². The summed E-state index contributed by atoms with van der Waals surface area (Å²) in [6.07, 6.45) is 1.99. The molecule has 22 heavy (non-hydrogen) atoms. The summed E-state index contributed by atoms with van der Waals surface area (Å²) in [6.45, 7) is 3.87. The summed E-state index contributed by atoms with van der Waals surface area (Å²) in [6, 6.07) is 7.55. The van der Waals surface area contributed by atoms with Gasteiger partial charge < -0.3 is 10.6 Å². The molecule has 6 heteroatoms. The summed E-state index contributed by atoms with van der Waals surface area (Å²) >= 11 is 11.9. The van der Waals surface area contributed by atoms with Crippen molar-refractivity contribution in [2.24, 2.45) is 5.92 Å². The van der Waals surface area contributed by atoms with Gasteiger partial charge in [0.2, 0.25) is 5.91 Å². The fourth-order valence-electron chi connectivity index (χ4n) is 2.36. The first-order chi connectivity index (χ1) is 10.4. The minimum Gasteiger partial charge on any atom is -0.337 e. The zero-order valence-corrected chi connectivity index (χ0v) is 14.1. The Hall–Kier alpha value is -1.28. The van der Waals surface area contributed by atoms with Crippen LogP contribution in [0.1, 0.15) is 38.3 Å². The van der Waals surface area contributed by atoms with E-state index in [0.29, 0.717) is 10.0 Å². The van der Waals surface area contributed by atoms with E-state index in [1.807, 2.05) is 13.0 Å². The molecule has 2 N–H and O–H groups in total. The van der Waals surface area contributed by atoms with E-state index in [0.717, 1.165) is 18.4 Å². The van der Waals surface area contributed by atoms with Gasteiger partial charge in [-0.3, -0.25) is 4.79 Å². The van der Waals surface area contributed by atoms with E-state index in [1.54, 1.807) is 19.1 Å². The minimum absolute atomic E-state index is 0.0465. The largest absolute Gasteiger partial charge is 0.337 e. The van der Waals surface area contributed by atoms with Crippen molar-refractivity contribution >= 4 is 29.1 Å². The van der Waals surface area contributed by atoms with Gasteiger partial charge in [-0.05, 0) is 50.3 Å². The van der Waals surface area contributed by atoms with Crippen molar-refractivity contribution in [3.8, 4) is 6.07 Å². The van der Waals surface area contributed by atoms with E-state index >= 15 is 0 Å². The first kappa shape index (κ1) is 17.1. The van der Waals surface area contributed by atoms with Gasteiger partial charge in [-0.25, -0.2) is 0 Å². The Bertz CT molecular complexity index is 610. The second-order valence-corrected chi connectivity index (χ2v) is 6.73. The third-order valence-corrected chi connectivity index (χ3v) is 4.78. The number of amides is 1. The summed E-state index contributed by atoms with van der Waals surface area (Å²) < 4.78 is 0. The van der Waals surface area contributed by atoms with Crippen molar-refractivity contribution in [1.82, 2.24) is 10.6 Å². The smallest absolute Gasteiger partial charge is 0.235 e. The summed E-state index contributed by atoms with van der Waals surface area (Å²) in [5.74, 6) is 0.0943. The molecule has 0 unspecified atom stereocenters. The van der Waals surface area contributed by atoms with Gasteiger partial charge in [-0.15, -0.1) is 0 Å². The molecule has 1 saturated carbocycles. The minimum atomic E-state index is -0.758. The van der Waals surface area contributed by atoms with E-state index in [1.165, 1.54) is 0 Å². The van der Waals surface area contributed by atoms with Gasteiger partial charge in [0.05, 0.1) is 22.7 Å². The number of nitrogens with zero attached hydrogens (tertiary/aromatic N) is 1. The molecule has 1 aromatic carbocycles. The molecule has 0 heterocycles. The summed E-state index contributed by atoms with van der Waals surface area (Å²) in [5.41, 5.74) is 0.193. The molecule has 0 aliphatic heterocycles.